The van der Waals surface area contributed by atoms with Gasteiger partial charge in [0, 0.05) is 6.07 Å². The molecule has 0 fully saturated rings. The highest BCUT2D eigenvalue weighted by Crippen LogP contribution is 2.33. The summed E-state index contributed by atoms with van der Waals surface area (Å²) >= 11 is 0. The molecule has 1 atom stereocenters. The average molecular weight is 288 g/mol. The van der Waals surface area contributed by atoms with E-state index in [4.69, 9.17) is 10.5 Å². The summed E-state index contributed by atoms with van der Waals surface area (Å²) in [7, 11) is 0. The fourth-order valence-corrected chi connectivity index (χ4v) is 2.15. The third-order valence-corrected chi connectivity index (χ3v) is 3.18. The van der Waals surface area contributed by atoms with E-state index in [0.29, 0.717) is 5.56 Å². The van der Waals surface area contributed by atoms with E-state index >= 15 is 0 Å². The molecule has 6 nitrogen and oxygen atoms in total. The van der Waals surface area contributed by atoms with Crippen LogP contribution in [0.3, 0.4) is 0 Å². The topological polar surface area (TPSA) is 115 Å². The third-order valence-electron chi connectivity index (χ3n) is 3.18. The number of nitrogens with zero attached hydrogens (tertiary/aromatic N) is 4. The molecule has 0 unspecified atom stereocenters. The molecule has 0 saturated carbocycles. The summed E-state index contributed by atoms with van der Waals surface area (Å²) in [6.07, 6.45) is 0. The maximum Gasteiger partial charge on any atom is 0.275 e. The molecule has 0 N–H and O–H groups in total. The molecule has 2 aromatic carbocycles. The molecule has 0 aliphatic rings. The number of nitro groups is 1. The van der Waals surface area contributed by atoms with Crippen molar-refractivity contribution < 1.29 is 4.92 Å². The van der Waals surface area contributed by atoms with Crippen LogP contribution < -0.4 is 0 Å². The van der Waals surface area contributed by atoms with Crippen molar-refractivity contribution in [3.63, 3.8) is 0 Å². The quantitative estimate of drug-likeness (QED) is 0.636. The van der Waals surface area contributed by atoms with E-state index < -0.39 is 10.8 Å². The molecular formula is C16H8N4O2. The molecule has 104 valence electrons. The van der Waals surface area contributed by atoms with Gasteiger partial charge in [-0.1, -0.05) is 30.3 Å². The highest BCUT2D eigenvalue weighted by Gasteiger charge is 2.26. The Balaban J connectivity index is 2.73. The fourth-order valence-electron chi connectivity index (χ4n) is 2.15. The average Bonchev–Trinajstić information content (AvgIpc) is 2.55. The summed E-state index contributed by atoms with van der Waals surface area (Å²) in [5.74, 6) is -0.888. The van der Waals surface area contributed by atoms with Crippen molar-refractivity contribution in [3.05, 3.63) is 74.8 Å². The van der Waals surface area contributed by atoms with Gasteiger partial charge in [-0.3, -0.25) is 10.1 Å². The summed E-state index contributed by atoms with van der Waals surface area (Å²) in [4.78, 5) is 10.6. The van der Waals surface area contributed by atoms with Gasteiger partial charge in [-0.15, -0.1) is 0 Å². The normalized spacial score (nSPS) is 10.8. The predicted octanol–water partition coefficient (Wildman–Crippen LogP) is 2.99. The van der Waals surface area contributed by atoms with Crippen molar-refractivity contribution in [1.82, 2.24) is 0 Å². The zero-order valence-corrected chi connectivity index (χ0v) is 11.2. The lowest BCUT2D eigenvalue weighted by Crippen LogP contribution is -2.05. The zero-order chi connectivity index (χ0) is 16.1. The summed E-state index contributed by atoms with van der Waals surface area (Å²) < 4.78 is 0. The number of hydrogen-bond donors (Lipinski definition) is 0. The van der Waals surface area contributed by atoms with Crippen LogP contribution in [-0.2, 0) is 0 Å². The highest BCUT2D eigenvalue weighted by atomic mass is 16.6. The molecule has 0 spiro atoms. The molecule has 2 aromatic rings. The molecule has 6 heteroatoms. The van der Waals surface area contributed by atoms with Crippen LogP contribution in [0.15, 0.2) is 42.5 Å². The molecule has 0 aliphatic carbocycles. The molecule has 0 amide bonds. The van der Waals surface area contributed by atoms with E-state index in [-0.39, 0.29) is 22.4 Å². The van der Waals surface area contributed by atoms with Crippen LogP contribution in [0.1, 0.15) is 28.2 Å². The van der Waals surface area contributed by atoms with Gasteiger partial charge in [-0.25, -0.2) is 0 Å². The predicted molar refractivity (Wildman–Crippen MR) is 76.4 cm³/mol. The maximum atomic E-state index is 11.2. The van der Waals surface area contributed by atoms with Crippen molar-refractivity contribution in [1.29, 1.82) is 15.8 Å². The molecule has 0 heterocycles. The number of hydrogen-bond acceptors (Lipinski definition) is 5. The second-order valence-corrected chi connectivity index (χ2v) is 4.41. The summed E-state index contributed by atoms with van der Waals surface area (Å²) in [6, 6.07) is 16.5. The van der Waals surface area contributed by atoms with Crippen molar-refractivity contribution in [2.75, 3.05) is 0 Å². The van der Waals surface area contributed by atoms with E-state index in [1.165, 1.54) is 6.07 Å². The standard InChI is InChI=1S/C16H8N4O2/c17-8-12-6-14(16(20(21)22)7-13(12)9-18)15(10-19)11-4-2-1-3-5-11/h1-7,15H/t15-/m0/s1. The highest BCUT2D eigenvalue weighted by molar-refractivity contribution is 5.59. The minimum atomic E-state index is -0.888. The second kappa shape index (κ2) is 6.17. The summed E-state index contributed by atoms with van der Waals surface area (Å²) in [5.41, 5.74) is 0.281. The molecule has 0 saturated heterocycles. The zero-order valence-electron chi connectivity index (χ0n) is 11.2. The molecule has 22 heavy (non-hydrogen) atoms. The van der Waals surface area contributed by atoms with E-state index in [1.54, 1.807) is 36.4 Å². The van der Waals surface area contributed by atoms with Gasteiger partial charge in [0.15, 0.2) is 0 Å². The Kier molecular flexibility index (Phi) is 4.13. The Hall–Kier alpha value is -3.69. The van der Waals surface area contributed by atoms with Gasteiger partial charge >= 0.3 is 0 Å². The van der Waals surface area contributed by atoms with Crippen molar-refractivity contribution in [3.8, 4) is 18.2 Å². The Labute approximate surface area is 126 Å². The number of nitro benzene ring substituents is 1. The van der Waals surface area contributed by atoms with Crippen LogP contribution in [0.25, 0.3) is 0 Å². The van der Waals surface area contributed by atoms with Crippen LogP contribution in [0.5, 0.6) is 0 Å². The smallest absolute Gasteiger partial charge is 0.258 e. The Morgan fingerprint density at radius 1 is 1.00 bits per heavy atom. The first-order chi connectivity index (χ1) is 10.6. The number of rotatable bonds is 3. The van der Waals surface area contributed by atoms with Gasteiger partial charge in [0.25, 0.3) is 5.69 Å². The van der Waals surface area contributed by atoms with Gasteiger partial charge in [0.05, 0.1) is 27.7 Å². The van der Waals surface area contributed by atoms with Crippen molar-refractivity contribution in [2.45, 2.75) is 5.92 Å². The van der Waals surface area contributed by atoms with Crippen LogP contribution in [0, 0.1) is 44.1 Å². The minimum absolute atomic E-state index is 0.0132. The van der Waals surface area contributed by atoms with Crippen molar-refractivity contribution in [2.24, 2.45) is 0 Å². The van der Waals surface area contributed by atoms with Crippen LogP contribution in [0.4, 0.5) is 5.69 Å². The van der Waals surface area contributed by atoms with E-state index in [2.05, 4.69) is 0 Å². The van der Waals surface area contributed by atoms with Crippen LogP contribution in [-0.4, -0.2) is 4.92 Å². The first kappa shape index (κ1) is 14.7. The first-order valence-electron chi connectivity index (χ1n) is 6.19. The third kappa shape index (κ3) is 2.60. The first-order valence-corrected chi connectivity index (χ1v) is 6.19. The molecule has 2 rings (SSSR count). The number of nitriles is 3. The summed E-state index contributed by atoms with van der Waals surface area (Å²) in [6.45, 7) is 0. The lowest BCUT2D eigenvalue weighted by Gasteiger charge is -2.11. The molecule has 0 aromatic heterocycles. The van der Waals surface area contributed by atoms with E-state index in [9.17, 15) is 15.4 Å². The Morgan fingerprint density at radius 3 is 2.09 bits per heavy atom. The van der Waals surface area contributed by atoms with Gasteiger partial charge in [-0.2, -0.15) is 15.8 Å². The second-order valence-electron chi connectivity index (χ2n) is 4.41. The molecule has 0 aliphatic heterocycles. The fraction of sp³-hybridized carbons (Fsp3) is 0.0625. The van der Waals surface area contributed by atoms with Gasteiger partial charge < -0.3 is 0 Å². The maximum absolute atomic E-state index is 11.2. The van der Waals surface area contributed by atoms with Crippen LogP contribution >= 0.6 is 0 Å². The van der Waals surface area contributed by atoms with Gasteiger partial charge in [-0.05, 0) is 11.6 Å². The van der Waals surface area contributed by atoms with E-state index in [1.807, 2.05) is 12.1 Å². The lowest BCUT2D eigenvalue weighted by atomic mass is 9.89. The van der Waals surface area contributed by atoms with Gasteiger partial charge in [0.1, 0.15) is 18.1 Å². The summed E-state index contributed by atoms with van der Waals surface area (Å²) in [5, 5.41) is 38.7. The van der Waals surface area contributed by atoms with Gasteiger partial charge in [0.2, 0.25) is 0 Å². The molecular weight excluding hydrogens is 280 g/mol. The van der Waals surface area contributed by atoms with Crippen molar-refractivity contribution >= 4 is 5.69 Å². The lowest BCUT2D eigenvalue weighted by molar-refractivity contribution is -0.385. The minimum Gasteiger partial charge on any atom is -0.258 e. The molecule has 0 bridgehead atoms. The Bertz CT molecular complexity index is 855. The SMILES string of the molecule is N#Cc1cc([C@@H](C#N)c2ccccc2)c([N+](=O)[O-])cc1C#N. The van der Waals surface area contributed by atoms with E-state index in [0.717, 1.165) is 6.07 Å². The molecule has 0 radical (unpaired) electrons. The largest absolute Gasteiger partial charge is 0.275 e. The number of benzene rings is 2. The van der Waals surface area contributed by atoms with Crippen LogP contribution in [0.2, 0.25) is 0 Å². The Morgan fingerprint density at radius 2 is 1.59 bits per heavy atom. The monoisotopic (exact) mass is 288 g/mol.